The smallest absolute Gasteiger partial charge is 0.361 e. The molecule has 0 aromatic rings. The van der Waals surface area contributed by atoms with Gasteiger partial charge >= 0.3 is 17.9 Å². The van der Waals surface area contributed by atoms with Crippen molar-refractivity contribution in [3.05, 3.63) is 36.5 Å². The van der Waals surface area contributed by atoms with E-state index < -0.39 is 18.4 Å². The Kier molecular flexibility index (Phi) is 60.6. The first-order valence-corrected chi connectivity index (χ1v) is 34.7. The maximum absolute atomic E-state index is 12.9. The van der Waals surface area contributed by atoms with Crippen LogP contribution in [0.2, 0.25) is 0 Å². The molecule has 0 aliphatic carbocycles. The van der Waals surface area contributed by atoms with Gasteiger partial charge in [-0.3, -0.25) is 9.59 Å². The number of unbranched alkanes of at least 4 members (excludes halogenated alkanes) is 44. The first kappa shape index (κ1) is 77.5. The molecule has 1 N–H and O–H groups in total. The lowest BCUT2D eigenvalue weighted by Crippen LogP contribution is -2.40. The number of carbonyl (C=O) groups excluding carboxylic acids is 2. The summed E-state index contributed by atoms with van der Waals surface area (Å²) in [6.45, 7) is 4.90. The average molecular weight is 1130 g/mol. The van der Waals surface area contributed by atoms with Crippen molar-refractivity contribution < 1.29 is 42.9 Å². The van der Waals surface area contributed by atoms with Crippen molar-refractivity contribution in [3.63, 3.8) is 0 Å². The number of quaternary nitrogens is 1. The SMILES string of the molecule is CCCCCCC/C=C\C/C=C\CCCCCCCCCCCCCCCCCCCCCCCCCCCCCC(=O)OC(COC(=O)CCCCCCC/C=C\CCCCCCCCC)COC(OCC[N+](C)(C)C)C(=O)O. The summed E-state index contributed by atoms with van der Waals surface area (Å²) in [4.78, 5) is 37.5. The molecule has 9 nitrogen and oxygen atoms in total. The second kappa shape index (κ2) is 62.6. The molecule has 0 heterocycles. The summed E-state index contributed by atoms with van der Waals surface area (Å²) >= 11 is 0. The molecule has 0 amide bonds. The van der Waals surface area contributed by atoms with E-state index in [0.717, 1.165) is 57.8 Å². The van der Waals surface area contributed by atoms with Gasteiger partial charge in [-0.25, -0.2) is 4.79 Å². The van der Waals surface area contributed by atoms with Gasteiger partial charge in [-0.1, -0.05) is 294 Å². The van der Waals surface area contributed by atoms with Crippen LogP contribution in [0.5, 0.6) is 0 Å². The lowest BCUT2D eigenvalue weighted by molar-refractivity contribution is -0.870. The summed E-state index contributed by atoms with van der Waals surface area (Å²) < 4.78 is 22.9. The van der Waals surface area contributed by atoms with Crippen LogP contribution in [0.1, 0.15) is 341 Å². The van der Waals surface area contributed by atoms with E-state index in [4.69, 9.17) is 18.9 Å². The summed E-state index contributed by atoms with van der Waals surface area (Å²) in [5, 5.41) is 9.72. The number of carboxylic acids is 1. The monoisotopic (exact) mass is 1130 g/mol. The number of carbonyl (C=O) groups is 3. The van der Waals surface area contributed by atoms with Crippen molar-refractivity contribution in [1.29, 1.82) is 0 Å². The van der Waals surface area contributed by atoms with Crippen LogP contribution < -0.4 is 0 Å². The summed E-state index contributed by atoms with van der Waals surface area (Å²) in [7, 11) is 5.98. The van der Waals surface area contributed by atoms with E-state index in [1.54, 1.807) is 0 Å². The van der Waals surface area contributed by atoms with Crippen LogP contribution in [-0.2, 0) is 33.3 Å². The topological polar surface area (TPSA) is 108 Å². The third-order valence-corrected chi connectivity index (χ3v) is 15.6. The minimum absolute atomic E-state index is 0.181. The lowest BCUT2D eigenvalue weighted by atomic mass is 10.0. The summed E-state index contributed by atoms with van der Waals surface area (Å²) in [6.07, 6.45) is 75.6. The summed E-state index contributed by atoms with van der Waals surface area (Å²) in [6, 6.07) is 0. The van der Waals surface area contributed by atoms with Gasteiger partial charge in [0.15, 0.2) is 6.10 Å². The zero-order valence-corrected chi connectivity index (χ0v) is 53.8. The maximum Gasteiger partial charge on any atom is 0.361 e. The number of ether oxygens (including phenoxy) is 4. The quantitative estimate of drug-likeness (QED) is 0.0211. The van der Waals surface area contributed by atoms with Crippen LogP contribution in [0.4, 0.5) is 0 Å². The number of rotatable bonds is 65. The Morgan fingerprint density at radius 1 is 0.375 bits per heavy atom. The van der Waals surface area contributed by atoms with E-state index >= 15 is 0 Å². The number of allylic oxidation sites excluding steroid dienone is 6. The predicted molar refractivity (Wildman–Crippen MR) is 341 cm³/mol. The Morgan fingerprint density at radius 2 is 0.675 bits per heavy atom. The van der Waals surface area contributed by atoms with Crippen LogP contribution in [0.15, 0.2) is 36.5 Å². The highest BCUT2D eigenvalue weighted by Gasteiger charge is 2.25. The second-order valence-corrected chi connectivity index (χ2v) is 24.8. The minimum Gasteiger partial charge on any atom is -0.477 e. The second-order valence-electron chi connectivity index (χ2n) is 24.8. The first-order chi connectivity index (χ1) is 39.1. The molecular formula is C71H134NO8+. The first-order valence-electron chi connectivity index (χ1n) is 34.7. The number of carboxylic acid groups (broad SMARTS) is 1. The van der Waals surface area contributed by atoms with Gasteiger partial charge < -0.3 is 28.5 Å². The number of likely N-dealkylation sites (N-methyl/N-ethyl adjacent to an activating group) is 1. The fourth-order valence-corrected chi connectivity index (χ4v) is 10.3. The van der Waals surface area contributed by atoms with Crippen LogP contribution in [0.3, 0.4) is 0 Å². The van der Waals surface area contributed by atoms with Crippen molar-refractivity contribution in [1.82, 2.24) is 0 Å². The number of hydrogen-bond donors (Lipinski definition) is 1. The van der Waals surface area contributed by atoms with Crippen molar-refractivity contribution in [3.8, 4) is 0 Å². The van der Waals surface area contributed by atoms with E-state index in [9.17, 15) is 19.5 Å². The van der Waals surface area contributed by atoms with Crippen molar-refractivity contribution in [2.24, 2.45) is 0 Å². The molecule has 0 aromatic heterocycles. The molecule has 0 rings (SSSR count). The number of nitrogens with zero attached hydrogens (tertiary/aromatic N) is 1. The van der Waals surface area contributed by atoms with Crippen molar-refractivity contribution in [2.75, 3.05) is 47.5 Å². The van der Waals surface area contributed by atoms with Gasteiger partial charge in [-0.15, -0.1) is 0 Å². The number of esters is 2. The molecule has 0 aliphatic heterocycles. The van der Waals surface area contributed by atoms with Gasteiger partial charge in [0.2, 0.25) is 0 Å². The maximum atomic E-state index is 12.9. The molecule has 0 saturated carbocycles. The molecule has 0 radical (unpaired) electrons. The lowest BCUT2D eigenvalue weighted by Gasteiger charge is -2.25. The van der Waals surface area contributed by atoms with E-state index in [-0.39, 0.29) is 38.2 Å². The average Bonchev–Trinajstić information content (AvgIpc) is 3.43. The molecular weight excluding hydrogens is 995 g/mol. The van der Waals surface area contributed by atoms with E-state index in [1.807, 2.05) is 21.1 Å². The minimum atomic E-state index is -1.51. The molecule has 0 aromatic carbocycles. The molecule has 0 bridgehead atoms. The van der Waals surface area contributed by atoms with Gasteiger partial charge in [0, 0.05) is 12.8 Å². The molecule has 2 unspecified atom stereocenters. The largest absolute Gasteiger partial charge is 0.477 e. The van der Waals surface area contributed by atoms with Crippen molar-refractivity contribution in [2.45, 2.75) is 354 Å². The Morgan fingerprint density at radius 3 is 1.00 bits per heavy atom. The molecule has 2 atom stereocenters. The summed E-state index contributed by atoms with van der Waals surface area (Å²) in [5.74, 6) is -1.99. The highest BCUT2D eigenvalue weighted by molar-refractivity contribution is 5.71. The van der Waals surface area contributed by atoms with Gasteiger partial charge in [-0.05, 0) is 70.6 Å². The van der Waals surface area contributed by atoms with Crippen LogP contribution >= 0.6 is 0 Å². The molecule has 0 aliphatic rings. The van der Waals surface area contributed by atoms with E-state index in [2.05, 4.69) is 50.3 Å². The summed E-state index contributed by atoms with van der Waals surface area (Å²) in [5.41, 5.74) is 0. The van der Waals surface area contributed by atoms with Crippen LogP contribution in [0, 0.1) is 0 Å². The van der Waals surface area contributed by atoms with E-state index in [1.165, 1.54) is 257 Å². The standard InChI is InChI=1S/C71H133NO8/c1-6-8-10-12-14-16-18-20-22-24-25-26-27-28-29-30-31-32-33-34-35-36-37-38-39-40-41-42-43-44-45-46-48-50-52-54-56-58-60-62-69(74)80-67(66-79-71(70(75)76)77-64-63-72(3,4)5)65-78-68(73)61-59-57-55-53-51-49-47-23-21-19-17-15-13-11-9-7-2/h18,20,23-25,47,67,71H,6-17,19,21-22,26-46,48-66H2,1-5H3/p+1/b20-18-,25-24-,47-23-. The van der Waals surface area contributed by atoms with E-state index in [0.29, 0.717) is 17.4 Å². The Balaban J connectivity index is 3.94. The number of hydrogen-bond acceptors (Lipinski definition) is 7. The highest BCUT2D eigenvalue weighted by atomic mass is 16.7. The fraction of sp³-hybridized carbons (Fsp3) is 0.873. The third-order valence-electron chi connectivity index (χ3n) is 15.6. The molecule has 9 heteroatoms. The van der Waals surface area contributed by atoms with Gasteiger partial charge in [-0.2, -0.15) is 0 Å². The van der Waals surface area contributed by atoms with Gasteiger partial charge in [0.05, 0.1) is 34.4 Å². The molecule has 80 heavy (non-hydrogen) atoms. The Bertz CT molecular complexity index is 1410. The molecule has 0 saturated heterocycles. The van der Waals surface area contributed by atoms with Gasteiger partial charge in [0.25, 0.3) is 6.29 Å². The molecule has 0 spiro atoms. The zero-order valence-electron chi connectivity index (χ0n) is 53.8. The zero-order chi connectivity index (χ0) is 58.3. The molecule has 470 valence electrons. The predicted octanol–water partition coefficient (Wildman–Crippen LogP) is 21.2. The number of aliphatic carboxylic acids is 1. The Labute approximate surface area is 496 Å². The third kappa shape index (κ3) is 63.1. The van der Waals surface area contributed by atoms with Crippen molar-refractivity contribution >= 4 is 17.9 Å². The Hall–Kier alpha value is -2.49. The van der Waals surface area contributed by atoms with Crippen LogP contribution in [-0.4, -0.2) is 87.4 Å². The van der Waals surface area contributed by atoms with Gasteiger partial charge in [0.1, 0.15) is 13.2 Å². The highest BCUT2D eigenvalue weighted by Crippen LogP contribution is 2.18. The fourth-order valence-electron chi connectivity index (χ4n) is 10.3. The van der Waals surface area contributed by atoms with Crippen LogP contribution in [0.25, 0.3) is 0 Å². The normalized spacial score (nSPS) is 12.9. The molecule has 0 fully saturated rings.